The summed E-state index contributed by atoms with van der Waals surface area (Å²) in [5.74, 6) is -2.12. The lowest BCUT2D eigenvalue weighted by atomic mass is 10.0. The number of phenolic OH excluding ortho intramolecular Hbond substituents is 1. The van der Waals surface area contributed by atoms with Gasteiger partial charge in [-0.05, 0) is 72.1 Å². The number of anilines is 1. The Morgan fingerprint density at radius 1 is 0.904 bits per heavy atom. The number of aromatic hydroxyl groups is 1. The van der Waals surface area contributed by atoms with Crippen molar-refractivity contribution in [2.45, 2.75) is 25.3 Å². The van der Waals surface area contributed by atoms with Crippen LogP contribution in [0.2, 0.25) is 0 Å². The lowest BCUT2D eigenvalue weighted by molar-refractivity contribution is 0.0765. The molecule has 52 heavy (non-hydrogen) atoms. The second kappa shape index (κ2) is 16.4. The van der Waals surface area contributed by atoms with Gasteiger partial charge in [-0.3, -0.25) is 14.1 Å². The Balaban J connectivity index is 0.000000234. The van der Waals surface area contributed by atoms with Crippen molar-refractivity contribution in [1.82, 2.24) is 9.88 Å². The molecule has 1 N–H and O–H groups in total. The van der Waals surface area contributed by atoms with Gasteiger partial charge in [0.2, 0.25) is 10.0 Å². The number of nitrogens with zero attached hydrogens (tertiary/aromatic N) is 6. The molecule has 0 radical (unpaired) electrons. The first kappa shape index (κ1) is 38.8. The zero-order valence-electron chi connectivity index (χ0n) is 27.8. The zero-order chi connectivity index (χ0) is 38.3. The van der Waals surface area contributed by atoms with Crippen molar-refractivity contribution in [1.29, 1.82) is 0 Å². The van der Waals surface area contributed by atoms with Crippen LogP contribution in [0.25, 0.3) is 25.4 Å². The number of aromatic nitrogens is 1. The van der Waals surface area contributed by atoms with E-state index in [1.54, 1.807) is 31.2 Å². The number of pyridine rings is 1. The third-order valence-corrected chi connectivity index (χ3v) is 9.69. The van der Waals surface area contributed by atoms with E-state index in [2.05, 4.69) is 35.4 Å². The number of benzene rings is 4. The van der Waals surface area contributed by atoms with Gasteiger partial charge >= 0.3 is 0 Å². The number of halogens is 4. The zero-order valence-corrected chi connectivity index (χ0v) is 30.2. The number of carbonyl (C=O) groups excluding carboxylic acids is 1. The molecule has 15 heteroatoms. The standard InChI is InChI=1S/C21H17FN4O4S.C8H5BrFN.C8H6FN/c1-23-16-9-13(22)7-6-12(16)10-26-11-15-17(21(26)28)20(27)18-14(5-4-8-24-18)19(15)25(2)31(3,29)30;1-11-8-4-7(10)3-2-6(8)5-9;1-6-3-4-7(9)5-8(6)10-2/h4-9,27H,10-11H2,2-3H3;2-4H,5H2;3-5H,1H3. The molecule has 1 aliphatic heterocycles. The highest BCUT2D eigenvalue weighted by Gasteiger charge is 2.37. The van der Waals surface area contributed by atoms with Crippen molar-refractivity contribution >= 4 is 65.5 Å². The minimum absolute atomic E-state index is 0.00322. The Morgan fingerprint density at radius 2 is 1.44 bits per heavy atom. The van der Waals surface area contributed by atoms with E-state index in [-0.39, 0.29) is 52.9 Å². The van der Waals surface area contributed by atoms with Crippen molar-refractivity contribution in [3.05, 3.63) is 152 Å². The molecule has 0 saturated heterocycles. The van der Waals surface area contributed by atoms with E-state index in [0.29, 0.717) is 33.2 Å². The highest BCUT2D eigenvalue weighted by atomic mass is 79.9. The van der Waals surface area contributed by atoms with Crippen molar-refractivity contribution in [3.63, 3.8) is 0 Å². The number of rotatable bonds is 5. The van der Waals surface area contributed by atoms with Crippen LogP contribution in [0.4, 0.5) is 35.9 Å². The van der Waals surface area contributed by atoms with Gasteiger partial charge in [0.05, 0.1) is 37.2 Å². The van der Waals surface area contributed by atoms with E-state index in [9.17, 15) is 31.5 Å². The predicted molar refractivity (Wildman–Crippen MR) is 196 cm³/mol. The van der Waals surface area contributed by atoms with E-state index in [0.717, 1.165) is 27.8 Å². The summed E-state index contributed by atoms with van der Waals surface area (Å²) in [6, 6.07) is 15.4. The summed E-state index contributed by atoms with van der Waals surface area (Å²) in [5, 5.41) is 11.8. The fourth-order valence-corrected chi connectivity index (χ4v) is 6.24. The lowest BCUT2D eigenvalue weighted by Crippen LogP contribution is -2.26. The Hall–Kier alpha value is -5.95. The summed E-state index contributed by atoms with van der Waals surface area (Å²) in [5.41, 5.74) is 3.63. The van der Waals surface area contributed by atoms with Gasteiger partial charge in [-0.25, -0.2) is 36.1 Å². The van der Waals surface area contributed by atoms with E-state index in [1.165, 1.54) is 54.5 Å². The number of sulfonamides is 1. The summed E-state index contributed by atoms with van der Waals surface area (Å²) in [7, 11) is -2.30. The number of phenols is 1. The minimum atomic E-state index is -3.68. The Bertz CT molecular complexity index is 2440. The average molecular weight is 790 g/mol. The van der Waals surface area contributed by atoms with Crippen LogP contribution in [0.5, 0.6) is 5.75 Å². The van der Waals surface area contributed by atoms with Crippen molar-refractivity contribution in [2.24, 2.45) is 0 Å². The first-order chi connectivity index (χ1) is 24.6. The number of alkyl halides is 1. The highest BCUT2D eigenvalue weighted by Crippen LogP contribution is 2.44. The molecule has 2 heterocycles. The van der Waals surface area contributed by atoms with E-state index in [1.807, 2.05) is 0 Å². The second-order valence-corrected chi connectivity index (χ2v) is 13.9. The lowest BCUT2D eigenvalue weighted by Gasteiger charge is -2.22. The number of amides is 1. The fourth-order valence-electron chi connectivity index (χ4n) is 5.22. The largest absolute Gasteiger partial charge is 0.505 e. The average Bonchev–Trinajstić information content (AvgIpc) is 3.45. The topological polar surface area (TPSA) is 104 Å². The molecule has 4 aromatic carbocycles. The van der Waals surface area contributed by atoms with Crippen molar-refractivity contribution < 1.29 is 31.5 Å². The first-order valence-electron chi connectivity index (χ1n) is 15.0. The molecule has 0 aliphatic carbocycles. The van der Waals surface area contributed by atoms with Gasteiger partial charge < -0.3 is 10.0 Å². The third kappa shape index (κ3) is 8.49. The van der Waals surface area contributed by atoms with Gasteiger partial charge in [-0.1, -0.05) is 34.1 Å². The summed E-state index contributed by atoms with van der Waals surface area (Å²) in [4.78, 5) is 28.3. The quantitative estimate of drug-likeness (QED) is 0.141. The smallest absolute Gasteiger partial charge is 0.258 e. The van der Waals surface area contributed by atoms with Crippen LogP contribution in [-0.2, 0) is 28.4 Å². The molecule has 0 unspecified atom stereocenters. The third-order valence-electron chi connectivity index (χ3n) is 7.91. The maximum atomic E-state index is 13.5. The van der Waals surface area contributed by atoms with Gasteiger partial charge in [-0.15, -0.1) is 0 Å². The molecular formula is C37H28BrF3N6O4S. The van der Waals surface area contributed by atoms with Crippen LogP contribution in [0.1, 0.15) is 32.6 Å². The van der Waals surface area contributed by atoms with Gasteiger partial charge in [0.15, 0.2) is 22.8 Å². The summed E-state index contributed by atoms with van der Waals surface area (Å²) in [6.45, 7) is 22.4. The van der Waals surface area contributed by atoms with E-state index in [4.69, 9.17) is 19.7 Å². The maximum Gasteiger partial charge on any atom is 0.258 e. The van der Waals surface area contributed by atoms with Crippen LogP contribution in [0.15, 0.2) is 72.9 Å². The fraction of sp³-hybridized carbons (Fsp3) is 0.162. The Morgan fingerprint density at radius 3 is 1.98 bits per heavy atom. The van der Waals surface area contributed by atoms with Crippen molar-refractivity contribution in [3.8, 4) is 5.75 Å². The Labute approximate surface area is 307 Å². The monoisotopic (exact) mass is 788 g/mol. The van der Waals surface area contributed by atoms with Gasteiger partial charge in [-0.2, -0.15) is 0 Å². The molecule has 5 aromatic rings. The number of fused-ring (bicyclic) bond motifs is 2. The highest BCUT2D eigenvalue weighted by molar-refractivity contribution is 9.08. The molecule has 6 rings (SSSR count). The van der Waals surface area contributed by atoms with Crippen LogP contribution >= 0.6 is 15.9 Å². The molecule has 10 nitrogen and oxygen atoms in total. The van der Waals surface area contributed by atoms with Gasteiger partial charge in [0.25, 0.3) is 5.91 Å². The minimum Gasteiger partial charge on any atom is -0.505 e. The van der Waals surface area contributed by atoms with Crippen LogP contribution in [0, 0.1) is 44.1 Å². The normalized spacial score (nSPS) is 11.6. The van der Waals surface area contributed by atoms with Gasteiger partial charge in [0, 0.05) is 42.6 Å². The summed E-state index contributed by atoms with van der Waals surface area (Å²) in [6.07, 6.45) is 2.49. The van der Waals surface area contributed by atoms with Gasteiger partial charge in [0.1, 0.15) is 23.0 Å². The molecule has 0 bridgehead atoms. The molecule has 0 saturated carbocycles. The molecule has 1 aromatic heterocycles. The van der Waals surface area contributed by atoms with E-state index < -0.39 is 21.7 Å². The number of hydrogen-bond acceptors (Lipinski definition) is 5. The Kier molecular flexibility index (Phi) is 12.2. The molecule has 1 aliphatic rings. The number of hydrogen-bond donors (Lipinski definition) is 1. The van der Waals surface area contributed by atoms with Crippen molar-refractivity contribution in [2.75, 3.05) is 17.6 Å². The predicted octanol–water partition coefficient (Wildman–Crippen LogP) is 9.14. The SMILES string of the molecule is [C-]#[N+]c1cc(F)ccc1C.[C-]#[N+]c1cc(F)ccc1CBr.[C-]#[N+]c1cc(F)ccc1CN1Cc2c(c(O)c3ncccc3c2N(C)S(C)(=O)=O)C1=O. The second-order valence-electron chi connectivity index (χ2n) is 11.3. The van der Waals surface area contributed by atoms with Crippen LogP contribution < -0.4 is 4.31 Å². The summed E-state index contributed by atoms with van der Waals surface area (Å²) < 4.78 is 64.1. The molecule has 1 amide bonds. The summed E-state index contributed by atoms with van der Waals surface area (Å²) >= 11 is 3.21. The number of carbonyl (C=O) groups is 1. The number of aryl methyl sites for hydroxylation is 1. The van der Waals surface area contributed by atoms with Crippen LogP contribution in [-0.4, -0.2) is 42.6 Å². The first-order valence-corrected chi connectivity index (χ1v) is 18.0. The van der Waals surface area contributed by atoms with Crippen LogP contribution in [0.3, 0.4) is 0 Å². The van der Waals surface area contributed by atoms with E-state index >= 15 is 0 Å². The maximum absolute atomic E-state index is 13.5. The molecule has 0 fully saturated rings. The molecule has 0 spiro atoms. The molecular weight excluding hydrogens is 761 g/mol. The molecule has 0 atom stereocenters. The molecule has 264 valence electrons.